The van der Waals surface area contributed by atoms with Crippen LogP contribution in [-0.4, -0.2) is 45.0 Å². The molecule has 2 fully saturated rings. The molecule has 0 aromatic heterocycles. The first-order valence-electron chi connectivity index (χ1n) is 7.21. The van der Waals surface area contributed by atoms with E-state index >= 15 is 0 Å². The van der Waals surface area contributed by atoms with Crippen LogP contribution in [0.1, 0.15) is 39.0 Å². The highest BCUT2D eigenvalue weighted by atomic mass is 32.2. The third-order valence-corrected chi connectivity index (χ3v) is 6.86. The molecule has 0 spiro atoms. The van der Waals surface area contributed by atoms with Crippen molar-refractivity contribution in [1.29, 1.82) is 0 Å². The van der Waals surface area contributed by atoms with Crippen LogP contribution < -0.4 is 10.6 Å². The van der Waals surface area contributed by atoms with Crippen LogP contribution in [-0.2, 0) is 14.6 Å². The lowest BCUT2D eigenvalue weighted by Gasteiger charge is -2.35. The van der Waals surface area contributed by atoms with Crippen LogP contribution in [0.5, 0.6) is 0 Å². The first kappa shape index (κ1) is 14.8. The summed E-state index contributed by atoms with van der Waals surface area (Å²) in [5.41, 5.74) is -0.347. The van der Waals surface area contributed by atoms with Crippen LogP contribution in [0.25, 0.3) is 0 Å². The highest BCUT2D eigenvalue weighted by molar-refractivity contribution is 7.92. The molecular formula is C13H24N2O3S. The average Bonchev–Trinajstić information content (AvgIpc) is 2.75. The molecule has 1 amide bonds. The third kappa shape index (κ3) is 3.11. The Morgan fingerprint density at radius 3 is 2.74 bits per heavy atom. The zero-order valence-electron chi connectivity index (χ0n) is 11.6. The molecule has 2 unspecified atom stereocenters. The Hall–Kier alpha value is -0.620. The standard InChI is InChI=1S/C13H24N2O3S/c1-2-13(6-4-7-14-10-13)12(16)15-9-11-5-3-8-19(11,17)18/h11,14H,2-10H2,1H3,(H,15,16). The topological polar surface area (TPSA) is 75.3 Å². The molecule has 5 nitrogen and oxygen atoms in total. The van der Waals surface area contributed by atoms with Crippen LogP contribution in [0.4, 0.5) is 0 Å². The van der Waals surface area contributed by atoms with Gasteiger partial charge in [-0.05, 0) is 38.6 Å². The number of rotatable bonds is 4. The lowest BCUT2D eigenvalue weighted by Crippen LogP contribution is -2.51. The van der Waals surface area contributed by atoms with Gasteiger partial charge in [-0.15, -0.1) is 0 Å². The molecule has 2 saturated heterocycles. The number of hydrogen-bond donors (Lipinski definition) is 2. The molecule has 110 valence electrons. The van der Waals surface area contributed by atoms with Gasteiger partial charge in [0.25, 0.3) is 0 Å². The summed E-state index contributed by atoms with van der Waals surface area (Å²) < 4.78 is 23.5. The largest absolute Gasteiger partial charge is 0.354 e. The van der Waals surface area contributed by atoms with E-state index < -0.39 is 9.84 Å². The normalized spacial score (nSPS) is 34.1. The fourth-order valence-electron chi connectivity index (χ4n) is 3.11. The van der Waals surface area contributed by atoms with Crippen LogP contribution in [0.15, 0.2) is 0 Å². The molecule has 6 heteroatoms. The van der Waals surface area contributed by atoms with Crippen LogP contribution >= 0.6 is 0 Å². The van der Waals surface area contributed by atoms with Crippen molar-refractivity contribution in [3.8, 4) is 0 Å². The van der Waals surface area contributed by atoms with Gasteiger partial charge in [-0.3, -0.25) is 4.79 Å². The molecule has 2 N–H and O–H groups in total. The first-order chi connectivity index (χ1) is 9.00. The molecule has 19 heavy (non-hydrogen) atoms. The third-order valence-electron chi connectivity index (χ3n) is 4.58. The van der Waals surface area contributed by atoms with E-state index in [9.17, 15) is 13.2 Å². The highest BCUT2D eigenvalue weighted by Crippen LogP contribution is 2.30. The van der Waals surface area contributed by atoms with E-state index in [0.717, 1.165) is 32.2 Å². The van der Waals surface area contributed by atoms with Crippen LogP contribution in [0.3, 0.4) is 0 Å². The molecule has 0 radical (unpaired) electrons. The smallest absolute Gasteiger partial charge is 0.227 e. The number of carbonyl (C=O) groups is 1. The van der Waals surface area contributed by atoms with Gasteiger partial charge in [-0.25, -0.2) is 8.42 Å². The quantitative estimate of drug-likeness (QED) is 0.788. The molecule has 0 aromatic carbocycles. The van der Waals surface area contributed by atoms with Gasteiger partial charge in [0.2, 0.25) is 5.91 Å². The molecule has 0 aliphatic carbocycles. The maximum atomic E-state index is 12.4. The molecular weight excluding hydrogens is 264 g/mol. The lowest BCUT2D eigenvalue weighted by atomic mass is 9.77. The summed E-state index contributed by atoms with van der Waals surface area (Å²) in [4.78, 5) is 12.4. The second kappa shape index (κ2) is 5.79. The zero-order chi connectivity index (χ0) is 13.9. The van der Waals surface area contributed by atoms with Gasteiger partial charge in [0.1, 0.15) is 0 Å². The van der Waals surface area contributed by atoms with Gasteiger partial charge < -0.3 is 10.6 Å². The summed E-state index contributed by atoms with van der Waals surface area (Å²) in [5, 5.41) is 5.78. The van der Waals surface area contributed by atoms with Crippen molar-refractivity contribution < 1.29 is 13.2 Å². The monoisotopic (exact) mass is 288 g/mol. The summed E-state index contributed by atoms with van der Waals surface area (Å²) in [5.74, 6) is 0.290. The number of nitrogens with one attached hydrogen (secondary N) is 2. The summed E-state index contributed by atoms with van der Waals surface area (Å²) >= 11 is 0. The first-order valence-corrected chi connectivity index (χ1v) is 8.92. The van der Waals surface area contributed by atoms with Crippen molar-refractivity contribution in [3.63, 3.8) is 0 Å². The van der Waals surface area contributed by atoms with Crippen molar-refractivity contribution in [2.75, 3.05) is 25.4 Å². The van der Waals surface area contributed by atoms with Crippen LogP contribution in [0.2, 0.25) is 0 Å². The minimum absolute atomic E-state index is 0.0179. The van der Waals surface area contributed by atoms with Crippen molar-refractivity contribution in [2.24, 2.45) is 5.41 Å². The fraction of sp³-hybridized carbons (Fsp3) is 0.923. The molecule has 0 aromatic rings. The Balaban J connectivity index is 1.93. The van der Waals surface area contributed by atoms with Gasteiger partial charge in [0.15, 0.2) is 9.84 Å². The van der Waals surface area contributed by atoms with E-state index in [-0.39, 0.29) is 28.9 Å². The number of sulfone groups is 1. The van der Waals surface area contributed by atoms with Crippen molar-refractivity contribution in [2.45, 2.75) is 44.3 Å². The SMILES string of the molecule is CCC1(C(=O)NCC2CCCS2(=O)=O)CCCNC1. The Morgan fingerprint density at radius 2 is 2.21 bits per heavy atom. The number of piperidine rings is 1. The molecule has 2 aliphatic rings. The van der Waals surface area contributed by atoms with Crippen molar-refractivity contribution in [3.05, 3.63) is 0 Å². The maximum absolute atomic E-state index is 12.4. The second-order valence-corrected chi connectivity index (χ2v) is 8.16. The Kier molecular flexibility index (Phi) is 4.50. The maximum Gasteiger partial charge on any atom is 0.227 e. The van der Waals surface area contributed by atoms with Gasteiger partial charge in [-0.2, -0.15) is 0 Å². The van der Waals surface area contributed by atoms with E-state index in [2.05, 4.69) is 10.6 Å². The fourth-order valence-corrected chi connectivity index (χ4v) is 4.87. The molecule has 2 aliphatic heterocycles. The van der Waals surface area contributed by atoms with Gasteiger partial charge in [0.05, 0.1) is 16.4 Å². The minimum Gasteiger partial charge on any atom is -0.354 e. The minimum atomic E-state index is -2.97. The number of amides is 1. The number of hydrogen-bond acceptors (Lipinski definition) is 4. The highest BCUT2D eigenvalue weighted by Gasteiger charge is 2.39. The molecule has 2 heterocycles. The summed E-state index contributed by atoms with van der Waals surface area (Å²) in [6.45, 7) is 3.97. The average molecular weight is 288 g/mol. The molecule has 0 saturated carbocycles. The Labute approximate surface area is 115 Å². The summed E-state index contributed by atoms with van der Waals surface area (Å²) in [7, 11) is -2.97. The van der Waals surface area contributed by atoms with Crippen molar-refractivity contribution in [1.82, 2.24) is 10.6 Å². The number of carbonyl (C=O) groups excluding carboxylic acids is 1. The Bertz CT molecular complexity index is 427. The second-order valence-electron chi connectivity index (χ2n) is 5.76. The predicted molar refractivity (Wildman–Crippen MR) is 74.6 cm³/mol. The van der Waals surface area contributed by atoms with Gasteiger partial charge >= 0.3 is 0 Å². The summed E-state index contributed by atoms with van der Waals surface area (Å²) in [6, 6.07) is 0. The lowest BCUT2D eigenvalue weighted by molar-refractivity contribution is -0.132. The van der Waals surface area contributed by atoms with Gasteiger partial charge in [-0.1, -0.05) is 6.92 Å². The van der Waals surface area contributed by atoms with Crippen molar-refractivity contribution >= 4 is 15.7 Å². The Morgan fingerprint density at radius 1 is 1.42 bits per heavy atom. The van der Waals surface area contributed by atoms with E-state index in [4.69, 9.17) is 0 Å². The molecule has 2 atom stereocenters. The summed E-state index contributed by atoms with van der Waals surface area (Å²) in [6.07, 6.45) is 4.09. The van der Waals surface area contributed by atoms with E-state index in [0.29, 0.717) is 13.0 Å². The van der Waals surface area contributed by atoms with Gasteiger partial charge in [0, 0.05) is 13.1 Å². The van der Waals surface area contributed by atoms with E-state index in [1.807, 2.05) is 6.92 Å². The van der Waals surface area contributed by atoms with Crippen LogP contribution in [0, 0.1) is 5.41 Å². The predicted octanol–water partition coefficient (Wildman–Crippen LogP) is 0.460. The van der Waals surface area contributed by atoms with E-state index in [1.165, 1.54) is 0 Å². The molecule has 0 bridgehead atoms. The molecule has 2 rings (SSSR count). The van der Waals surface area contributed by atoms with E-state index in [1.54, 1.807) is 0 Å². The zero-order valence-corrected chi connectivity index (χ0v) is 12.4.